The quantitative estimate of drug-likeness (QED) is 0.865. The summed E-state index contributed by atoms with van der Waals surface area (Å²) >= 11 is 6.04. The fourth-order valence-electron chi connectivity index (χ4n) is 2.34. The monoisotopic (exact) mass is 270 g/mol. The molecule has 4 heteroatoms. The largest absolute Gasteiger partial charge is 0.482 e. The van der Waals surface area contributed by atoms with Crippen LogP contribution in [0, 0.1) is 11.3 Å². The van der Waals surface area contributed by atoms with Gasteiger partial charge in [0.25, 0.3) is 0 Å². The summed E-state index contributed by atoms with van der Waals surface area (Å²) in [6.45, 7) is 0. The van der Waals surface area contributed by atoms with E-state index in [2.05, 4.69) is 0 Å². The molecule has 2 unspecified atom stereocenters. The molecule has 2 aromatic rings. The van der Waals surface area contributed by atoms with E-state index >= 15 is 0 Å². The number of hydrogen-bond donors (Lipinski definition) is 1. The Bertz CT molecular complexity index is 678. The van der Waals surface area contributed by atoms with Crippen molar-refractivity contribution in [1.82, 2.24) is 0 Å². The summed E-state index contributed by atoms with van der Waals surface area (Å²) in [6.07, 6.45) is -0.449. The summed E-state index contributed by atoms with van der Waals surface area (Å²) in [6, 6.07) is 14.6. The number of rotatable bonds is 1. The molecule has 3 rings (SSSR count). The maximum absolute atomic E-state index is 9.03. The Hall–Kier alpha value is -2.02. The van der Waals surface area contributed by atoms with E-state index in [9.17, 15) is 0 Å². The van der Waals surface area contributed by atoms with Crippen LogP contribution in [0.4, 0.5) is 0 Å². The highest BCUT2D eigenvalue weighted by molar-refractivity contribution is 6.31. The molecule has 3 nitrogen and oxygen atoms in total. The molecule has 94 valence electrons. The first-order valence-corrected chi connectivity index (χ1v) is 6.29. The van der Waals surface area contributed by atoms with Crippen molar-refractivity contribution in [3.05, 3.63) is 53.1 Å². The zero-order chi connectivity index (χ0) is 13.4. The summed E-state index contributed by atoms with van der Waals surface area (Å²) < 4.78 is 5.86. The Morgan fingerprint density at radius 2 is 2.00 bits per heavy atom. The summed E-state index contributed by atoms with van der Waals surface area (Å²) in [4.78, 5) is 0. The van der Waals surface area contributed by atoms with Crippen molar-refractivity contribution in [2.75, 3.05) is 0 Å². The third-order valence-corrected chi connectivity index (χ3v) is 3.46. The van der Waals surface area contributed by atoms with E-state index in [1.165, 1.54) is 0 Å². The predicted octanol–water partition coefficient (Wildman–Crippen LogP) is 3.29. The molecule has 1 aliphatic heterocycles. The van der Waals surface area contributed by atoms with E-state index in [-0.39, 0.29) is 0 Å². The average molecular weight is 271 g/mol. The topological polar surface area (TPSA) is 59.0 Å². The Balaban J connectivity index is 2.21. The molecule has 2 N–H and O–H groups in total. The average Bonchev–Trinajstić information content (AvgIpc) is 2.46. The number of nitrogens with zero attached hydrogens (tertiary/aromatic N) is 1. The van der Waals surface area contributed by atoms with Gasteiger partial charge in [0, 0.05) is 16.1 Å². The first-order chi connectivity index (χ1) is 9.20. The predicted molar refractivity (Wildman–Crippen MR) is 73.8 cm³/mol. The Morgan fingerprint density at radius 1 is 1.21 bits per heavy atom. The molecule has 0 fully saturated rings. The van der Waals surface area contributed by atoms with E-state index in [1.54, 1.807) is 6.07 Å². The highest BCUT2D eigenvalue weighted by atomic mass is 35.5. The fraction of sp³-hybridized carbons (Fsp3) is 0.133. The van der Waals surface area contributed by atoms with Crippen molar-refractivity contribution in [2.45, 2.75) is 12.1 Å². The molecule has 1 heterocycles. The van der Waals surface area contributed by atoms with Crippen LogP contribution in [0.5, 0.6) is 5.75 Å². The molecular formula is C15H11ClN2O. The maximum atomic E-state index is 9.03. The number of halogens is 1. The Kier molecular flexibility index (Phi) is 2.90. The van der Waals surface area contributed by atoms with Crippen molar-refractivity contribution < 1.29 is 4.74 Å². The summed E-state index contributed by atoms with van der Waals surface area (Å²) in [5, 5.41) is 9.68. The van der Waals surface area contributed by atoms with Crippen molar-refractivity contribution >= 4 is 11.6 Å². The number of nitrogens with two attached hydrogens (primary N) is 1. The van der Waals surface area contributed by atoms with Gasteiger partial charge in [-0.25, -0.2) is 0 Å². The lowest BCUT2D eigenvalue weighted by atomic mass is 9.90. The normalized spacial score (nSPS) is 17.6. The lowest BCUT2D eigenvalue weighted by Crippen LogP contribution is -2.32. The van der Waals surface area contributed by atoms with Crippen molar-refractivity contribution in [2.24, 2.45) is 5.73 Å². The molecule has 0 spiro atoms. The minimum atomic E-state index is -0.704. The van der Waals surface area contributed by atoms with Gasteiger partial charge < -0.3 is 10.5 Å². The van der Waals surface area contributed by atoms with Crippen LogP contribution >= 0.6 is 11.6 Å². The first kappa shape index (κ1) is 12.0. The lowest BCUT2D eigenvalue weighted by molar-refractivity contribution is 0.189. The van der Waals surface area contributed by atoms with Crippen LogP contribution in [-0.2, 0) is 0 Å². The molecule has 0 saturated carbocycles. The molecule has 19 heavy (non-hydrogen) atoms. The van der Waals surface area contributed by atoms with Crippen molar-refractivity contribution in [3.8, 4) is 22.9 Å². The first-order valence-electron chi connectivity index (χ1n) is 5.91. The molecule has 0 amide bonds. The zero-order valence-corrected chi connectivity index (χ0v) is 10.8. The smallest absolute Gasteiger partial charge is 0.153 e. The van der Waals surface area contributed by atoms with Crippen LogP contribution < -0.4 is 10.5 Å². The fourth-order valence-corrected chi connectivity index (χ4v) is 2.51. The summed E-state index contributed by atoms with van der Waals surface area (Å²) in [5.41, 5.74) is 8.71. The molecule has 2 atom stereocenters. The molecule has 0 aromatic heterocycles. The summed E-state index contributed by atoms with van der Waals surface area (Å²) in [7, 11) is 0. The molecule has 2 aromatic carbocycles. The van der Waals surface area contributed by atoms with Crippen LogP contribution in [0.2, 0.25) is 5.02 Å². The molecular weight excluding hydrogens is 260 g/mol. The van der Waals surface area contributed by atoms with Crippen LogP contribution in [0.1, 0.15) is 11.7 Å². The van der Waals surface area contributed by atoms with Gasteiger partial charge in [0.1, 0.15) is 11.8 Å². The highest BCUT2D eigenvalue weighted by Crippen LogP contribution is 2.43. The molecule has 0 radical (unpaired) electrons. The minimum absolute atomic E-state index is 0.449. The van der Waals surface area contributed by atoms with E-state index in [1.807, 2.05) is 42.5 Å². The Morgan fingerprint density at radius 3 is 2.79 bits per heavy atom. The van der Waals surface area contributed by atoms with Crippen LogP contribution in [0.25, 0.3) is 11.1 Å². The van der Waals surface area contributed by atoms with Gasteiger partial charge in [-0.05, 0) is 23.8 Å². The van der Waals surface area contributed by atoms with Gasteiger partial charge in [-0.3, -0.25) is 0 Å². The van der Waals surface area contributed by atoms with E-state index in [0.717, 1.165) is 16.7 Å². The Labute approximate surface area is 116 Å². The van der Waals surface area contributed by atoms with E-state index in [4.69, 9.17) is 27.3 Å². The van der Waals surface area contributed by atoms with Crippen LogP contribution in [-0.4, -0.2) is 6.04 Å². The van der Waals surface area contributed by atoms with Gasteiger partial charge in [0.2, 0.25) is 0 Å². The van der Waals surface area contributed by atoms with Gasteiger partial charge in [-0.1, -0.05) is 35.9 Å². The lowest BCUT2D eigenvalue weighted by Gasteiger charge is -2.30. The standard InChI is InChI=1S/C15H11ClN2O/c16-9-5-6-14-12(7-9)10-3-1-2-4-11(10)15(19-14)13(18)8-17/h1-7,13,15H,18H2. The van der Waals surface area contributed by atoms with Crippen molar-refractivity contribution in [1.29, 1.82) is 5.26 Å². The van der Waals surface area contributed by atoms with Gasteiger partial charge in [0.15, 0.2) is 6.10 Å². The maximum Gasteiger partial charge on any atom is 0.153 e. The number of ether oxygens (including phenoxy) is 1. The van der Waals surface area contributed by atoms with Gasteiger partial charge >= 0.3 is 0 Å². The number of benzene rings is 2. The summed E-state index contributed by atoms with van der Waals surface area (Å²) in [5.74, 6) is 0.707. The number of nitriles is 1. The van der Waals surface area contributed by atoms with E-state index in [0.29, 0.717) is 10.8 Å². The van der Waals surface area contributed by atoms with Gasteiger partial charge in [-0.15, -0.1) is 0 Å². The van der Waals surface area contributed by atoms with Gasteiger partial charge in [-0.2, -0.15) is 5.26 Å². The number of hydrogen-bond acceptors (Lipinski definition) is 3. The second-order valence-corrected chi connectivity index (χ2v) is 4.86. The molecule has 0 saturated heterocycles. The SMILES string of the molecule is N#CC(N)C1Oc2ccc(Cl)cc2-c2ccccc21. The minimum Gasteiger partial charge on any atom is -0.482 e. The molecule has 0 bridgehead atoms. The van der Waals surface area contributed by atoms with Crippen molar-refractivity contribution in [3.63, 3.8) is 0 Å². The number of fused-ring (bicyclic) bond motifs is 3. The van der Waals surface area contributed by atoms with Crippen LogP contribution in [0.15, 0.2) is 42.5 Å². The molecule has 1 aliphatic rings. The third-order valence-electron chi connectivity index (χ3n) is 3.23. The molecule has 0 aliphatic carbocycles. The highest BCUT2D eigenvalue weighted by Gasteiger charge is 2.30. The van der Waals surface area contributed by atoms with Gasteiger partial charge in [0.05, 0.1) is 6.07 Å². The third kappa shape index (κ3) is 1.95. The zero-order valence-electron chi connectivity index (χ0n) is 10.0. The second-order valence-electron chi connectivity index (χ2n) is 4.42. The van der Waals surface area contributed by atoms with Crippen LogP contribution in [0.3, 0.4) is 0 Å². The van der Waals surface area contributed by atoms with E-state index < -0.39 is 12.1 Å². The second kappa shape index (κ2) is 4.58.